The van der Waals surface area contributed by atoms with Crippen molar-refractivity contribution in [3.05, 3.63) is 59.7 Å². The number of ketones is 1. The Balaban J connectivity index is 0.00000176. The molecule has 2 aromatic rings. The first-order valence-electron chi connectivity index (χ1n) is 8.88. The molecule has 0 amide bonds. The summed E-state index contributed by atoms with van der Waals surface area (Å²) in [7, 11) is 0. The number of hydrogen-bond acceptors (Lipinski definition) is 6. The molecule has 0 fully saturated rings. The molecule has 0 aromatic heterocycles. The lowest BCUT2D eigenvalue weighted by Crippen LogP contribution is -2.09. The van der Waals surface area contributed by atoms with Crippen LogP contribution in [-0.2, 0) is 16.1 Å². The molecule has 0 aliphatic heterocycles. The lowest BCUT2D eigenvalue weighted by molar-refractivity contribution is -0.182. The van der Waals surface area contributed by atoms with Crippen molar-refractivity contribution >= 4 is 11.8 Å². The molecule has 2 aromatic carbocycles. The minimum Gasteiger partial charge on any atom is -0.490 e. The van der Waals surface area contributed by atoms with Gasteiger partial charge in [0, 0.05) is 6.42 Å². The highest BCUT2D eigenvalue weighted by molar-refractivity contribution is 5.88. The molecule has 0 unspecified atom stereocenters. The molecule has 0 saturated carbocycles. The zero-order chi connectivity index (χ0) is 20.1. The number of benzene rings is 2. The van der Waals surface area contributed by atoms with Crippen LogP contribution in [0.5, 0.6) is 11.5 Å². The zero-order valence-corrected chi connectivity index (χ0v) is 15.9. The van der Waals surface area contributed by atoms with E-state index >= 15 is 0 Å². The van der Waals surface area contributed by atoms with Gasteiger partial charge in [-0.05, 0) is 55.3 Å². The van der Waals surface area contributed by atoms with E-state index in [2.05, 4.69) is 4.89 Å². The van der Waals surface area contributed by atoms with Crippen LogP contribution in [0.1, 0.15) is 43.1 Å². The number of ether oxygens (including phenoxy) is 2. The van der Waals surface area contributed by atoms with E-state index in [0.717, 1.165) is 17.7 Å². The van der Waals surface area contributed by atoms with Crippen LogP contribution in [0, 0.1) is 0 Å². The molecular weight excluding hydrogens is 348 g/mol. The number of hydrogen-bond donors (Lipinski definition) is 1. The second-order valence-electron chi connectivity index (χ2n) is 5.45. The normalized spacial score (nSPS) is 9.63. The topological polar surface area (TPSA) is 82.1 Å². The highest BCUT2D eigenvalue weighted by Gasteiger charge is 2.06. The van der Waals surface area contributed by atoms with E-state index in [1.807, 2.05) is 38.1 Å². The molecule has 0 atom stereocenters. The third-order valence-electron chi connectivity index (χ3n) is 3.48. The van der Waals surface area contributed by atoms with Crippen LogP contribution in [-0.4, -0.2) is 30.2 Å². The standard InChI is InChI=1S/C19H20O6.C2H6/c1-14(20)2-3-15-4-8-17(9-5-15)23-12-13-24-18-10-6-16(7-11-18)19(21)25-22;1-2/h4-11,22H,2-3,12-13H2,1H3;1-2H3. The SMILES string of the molecule is CC.CC(=O)CCc1ccc(OCCOc2ccc(C(=O)OO)cc2)cc1. The summed E-state index contributed by atoms with van der Waals surface area (Å²) >= 11 is 0. The lowest BCUT2D eigenvalue weighted by Gasteiger charge is -2.09. The van der Waals surface area contributed by atoms with Crippen LogP contribution in [0.4, 0.5) is 0 Å². The first-order valence-corrected chi connectivity index (χ1v) is 8.88. The Morgan fingerprint density at radius 1 is 0.852 bits per heavy atom. The van der Waals surface area contributed by atoms with Gasteiger partial charge in [0.05, 0.1) is 5.56 Å². The van der Waals surface area contributed by atoms with Gasteiger partial charge in [-0.25, -0.2) is 4.79 Å². The van der Waals surface area contributed by atoms with E-state index in [0.29, 0.717) is 25.4 Å². The quantitative estimate of drug-likeness (QED) is 0.400. The predicted molar refractivity (Wildman–Crippen MR) is 102 cm³/mol. The lowest BCUT2D eigenvalue weighted by atomic mass is 10.1. The largest absolute Gasteiger partial charge is 0.490 e. The zero-order valence-electron chi connectivity index (χ0n) is 15.9. The molecule has 0 aliphatic carbocycles. The molecule has 2 rings (SSSR count). The Labute approximate surface area is 159 Å². The maximum Gasteiger partial charge on any atom is 0.372 e. The average Bonchev–Trinajstić information content (AvgIpc) is 2.72. The van der Waals surface area contributed by atoms with Crippen LogP contribution in [0.25, 0.3) is 0 Å². The minimum atomic E-state index is -0.818. The Hall–Kier alpha value is -2.86. The number of rotatable bonds is 9. The van der Waals surface area contributed by atoms with Crippen LogP contribution >= 0.6 is 0 Å². The molecular formula is C21H26O6. The van der Waals surface area contributed by atoms with Crippen molar-refractivity contribution in [3.8, 4) is 11.5 Å². The number of carbonyl (C=O) groups excluding carboxylic acids is 2. The van der Waals surface area contributed by atoms with Crippen molar-refractivity contribution in [2.24, 2.45) is 0 Å². The van der Waals surface area contributed by atoms with Gasteiger partial charge in [-0.2, -0.15) is 5.26 Å². The fourth-order valence-electron chi connectivity index (χ4n) is 2.13. The Morgan fingerprint density at radius 3 is 1.78 bits per heavy atom. The third-order valence-corrected chi connectivity index (χ3v) is 3.48. The predicted octanol–water partition coefficient (Wildman–Crippen LogP) is 4.32. The van der Waals surface area contributed by atoms with Crippen molar-refractivity contribution in [2.75, 3.05) is 13.2 Å². The summed E-state index contributed by atoms with van der Waals surface area (Å²) in [6.07, 6.45) is 1.28. The molecule has 146 valence electrons. The minimum absolute atomic E-state index is 0.179. The fraction of sp³-hybridized carbons (Fsp3) is 0.333. The maximum absolute atomic E-state index is 11.1. The first-order chi connectivity index (χ1) is 13.1. The second-order valence-corrected chi connectivity index (χ2v) is 5.45. The van der Waals surface area contributed by atoms with Crippen LogP contribution in [0.3, 0.4) is 0 Å². The van der Waals surface area contributed by atoms with Gasteiger partial charge in [0.25, 0.3) is 0 Å². The summed E-state index contributed by atoms with van der Waals surface area (Å²) in [5.74, 6) is 0.675. The number of carbonyl (C=O) groups is 2. The average molecular weight is 374 g/mol. The molecule has 6 nitrogen and oxygen atoms in total. The molecule has 6 heteroatoms. The third kappa shape index (κ3) is 8.37. The Morgan fingerprint density at radius 2 is 1.33 bits per heavy atom. The van der Waals surface area contributed by atoms with Gasteiger partial charge in [0.1, 0.15) is 30.5 Å². The maximum atomic E-state index is 11.1. The van der Waals surface area contributed by atoms with Crippen molar-refractivity contribution < 1.29 is 29.2 Å². The Bertz CT molecular complexity index is 692. The van der Waals surface area contributed by atoms with Crippen molar-refractivity contribution in [3.63, 3.8) is 0 Å². The van der Waals surface area contributed by atoms with Gasteiger partial charge in [-0.15, -0.1) is 0 Å². The summed E-state index contributed by atoms with van der Waals surface area (Å²) in [5.41, 5.74) is 1.33. The summed E-state index contributed by atoms with van der Waals surface area (Å²) in [4.78, 5) is 25.7. The van der Waals surface area contributed by atoms with Gasteiger partial charge in [-0.3, -0.25) is 4.89 Å². The Kier molecular flexibility index (Phi) is 10.3. The summed E-state index contributed by atoms with van der Waals surface area (Å²) in [6, 6.07) is 13.8. The molecule has 0 saturated heterocycles. The molecule has 0 spiro atoms. The van der Waals surface area contributed by atoms with Crippen molar-refractivity contribution in [1.29, 1.82) is 0 Å². The number of Topliss-reactive ketones (excluding diaryl/α,β-unsaturated/α-hetero) is 1. The van der Waals surface area contributed by atoms with E-state index in [1.165, 1.54) is 12.1 Å². The molecule has 0 radical (unpaired) electrons. The molecule has 27 heavy (non-hydrogen) atoms. The van der Waals surface area contributed by atoms with E-state index in [9.17, 15) is 9.59 Å². The van der Waals surface area contributed by atoms with Gasteiger partial charge in [0.2, 0.25) is 0 Å². The van der Waals surface area contributed by atoms with E-state index in [4.69, 9.17) is 14.7 Å². The summed E-state index contributed by atoms with van der Waals surface area (Å²) in [5, 5.41) is 8.30. The van der Waals surface area contributed by atoms with Gasteiger partial charge in [-0.1, -0.05) is 26.0 Å². The molecule has 0 bridgehead atoms. The van der Waals surface area contributed by atoms with Crippen LogP contribution in [0.2, 0.25) is 0 Å². The van der Waals surface area contributed by atoms with Gasteiger partial charge in [0.15, 0.2) is 0 Å². The monoisotopic (exact) mass is 374 g/mol. The van der Waals surface area contributed by atoms with Crippen molar-refractivity contribution in [1.82, 2.24) is 0 Å². The van der Waals surface area contributed by atoms with Gasteiger partial charge >= 0.3 is 5.97 Å². The van der Waals surface area contributed by atoms with E-state index in [-0.39, 0.29) is 11.3 Å². The number of aryl methyl sites for hydroxylation is 1. The molecule has 0 aliphatic rings. The molecule has 1 N–H and O–H groups in total. The smallest absolute Gasteiger partial charge is 0.372 e. The first kappa shape index (κ1) is 22.2. The van der Waals surface area contributed by atoms with Gasteiger partial charge < -0.3 is 14.3 Å². The molecule has 0 heterocycles. The highest BCUT2D eigenvalue weighted by Crippen LogP contribution is 2.15. The summed E-state index contributed by atoms with van der Waals surface area (Å²) < 4.78 is 11.1. The van der Waals surface area contributed by atoms with E-state index in [1.54, 1.807) is 19.1 Å². The van der Waals surface area contributed by atoms with Crippen LogP contribution < -0.4 is 9.47 Å². The van der Waals surface area contributed by atoms with Crippen LogP contribution in [0.15, 0.2) is 48.5 Å². The van der Waals surface area contributed by atoms with E-state index < -0.39 is 5.97 Å². The van der Waals surface area contributed by atoms with Crippen molar-refractivity contribution in [2.45, 2.75) is 33.6 Å². The second kappa shape index (κ2) is 12.5. The highest BCUT2D eigenvalue weighted by atomic mass is 17.1. The fourth-order valence-corrected chi connectivity index (χ4v) is 2.13. The summed E-state index contributed by atoms with van der Waals surface area (Å²) in [6.45, 7) is 6.30.